The van der Waals surface area contributed by atoms with Crippen molar-refractivity contribution in [3.05, 3.63) is 92.8 Å². The van der Waals surface area contributed by atoms with Crippen molar-refractivity contribution in [2.45, 2.75) is 25.7 Å². The van der Waals surface area contributed by atoms with Crippen molar-refractivity contribution in [1.29, 1.82) is 0 Å². The third kappa shape index (κ3) is 12.3. The van der Waals surface area contributed by atoms with Gasteiger partial charge in [-0.2, -0.15) is 0 Å². The first kappa shape index (κ1) is 35.1. The fourth-order valence-corrected chi connectivity index (χ4v) is 2.93. The second kappa shape index (κ2) is 26.7. The van der Waals surface area contributed by atoms with Gasteiger partial charge in [-0.05, 0) is 37.5 Å². The maximum Gasteiger partial charge on any atom is 0 e. The normalized spacial score (nSPS) is 14.5. The molecule has 2 aliphatic rings. The molecule has 3 rings (SSSR count). The van der Waals surface area contributed by atoms with E-state index in [9.17, 15) is 0 Å². The fraction of sp³-hybridized carbons (Fsp3) is 0.318. The number of allylic oxidation sites excluding steroid dienone is 2. The van der Waals surface area contributed by atoms with Crippen LogP contribution in [0.2, 0.25) is 0 Å². The largest absolute Gasteiger partial charge is 0 e. The summed E-state index contributed by atoms with van der Waals surface area (Å²) >= 11 is 0. The van der Waals surface area contributed by atoms with Crippen molar-refractivity contribution in [1.82, 2.24) is 4.90 Å². The zero-order chi connectivity index (χ0) is 23.1. The Balaban J connectivity index is -0.000000271. The van der Waals surface area contributed by atoms with Crippen LogP contribution in [0.3, 0.4) is 0 Å². The molecule has 1 saturated heterocycles. The summed E-state index contributed by atoms with van der Waals surface area (Å²) < 4.78 is 43.3. The summed E-state index contributed by atoms with van der Waals surface area (Å²) in [6.45, 7) is 27.7. The molecular formula is C22H21NO6W. The van der Waals surface area contributed by atoms with Gasteiger partial charge in [0.2, 0.25) is 0 Å². The molecule has 8 heteroatoms. The Labute approximate surface area is 192 Å². The monoisotopic (exact) mass is 579 g/mol. The van der Waals surface area contributed by atoms with E-state index in [0.29, 0.717) is 0 Å². The van der Waals surface area contributed by atoms with E-state index in [1.165, 1.54) is 37.2 Å². The van der Waals surface area contributed by atoms with E-state index in [0.717, 1.165) is 12.4 Å². The Morgan fingerprint density at radius 3 is 1.77 bits per heavy atom. The molecule has 30 heavy (non-hydrogen) atoms. The van der Waals surface area contributed by atoms with E-state index < -0.39 is 0 Å². The molecule has 1 atom stereocenters. The van der Waals surface area contributed by atoms with E-state index in [2.05, 4.69) is 87.6 Å². The molecular weight excluding hydrogens is 558 g/mol. The van der Waals surface area contributed by atoms with Crippen LogP contribution in [0, 0.1) is 33.3 Å². The predicted octanol–water partition coefficient (Wildman–Crippen LogP) is 3.49. The molecule has 0 amide bonds. The van der Waals surface area contributed by atoms with E-state index in [1.54, 1.807) is 0 Å². The van der Waals surface area contributed by atoms with Gasteiger partial charge < -0.3 is 9.64 Å². The summed E-state index contributed by atoms with van der Waals surface area (Å²) in [5.74, 6) is 1.38. The second-order valence-electron chi connectivity index (χ2n) is 5.15. The van der Waals surface area contributed by atoms with Crippen molar-refractivity contribution in [3.63, 3.8) is 0 Å². The Morgan fingerprint density at radius 1 is 0.867 bits per heavy atom. The molecule has 7 nitrogen and oxygen atoms in total. The van der Waals surface area contributed by atoms with Gasteiger partial charge in [-0.3, -0.25) is 0 Å². The van der Waals surface area contributed by atoms with Crippen molar-refractivity contribution in [3.8, 4) is 0 Å². The van der Waals surface area contributed by atoms with E-state index in [4.69, 9.17) is 28.0 Å². The number of rotatable bonds is 4. The molecule has 1 aromatic rings. The van der Waals surface area contributed by atoms with Gasteiger partial charge in [0.25, 0.3) is 0 Å². The van der Waals surface area contributed by atoms with Crippen molar-refractivity contribution < 1.29 is 49.1 Å². The fourth-order valence-electron chi connectivity index (χ4n) is 2.93. The molecule has 1 unspecified atom stereocenters. The molecule has 0 bridgehead atoms. The Bertz CT molecular complexity index is 663. The quantitative estimate of drug-likeness (QED) is 0.402. The van der Waals surface area contributed by atoms with Crippen LogP contribution in [0.25, 0.3) is 0 Å². The maximum atomic E-state index is 7.50. The number of likely N-dealkylation sites (tertiary alicyclic amines) is 1. The second-order valence-corrected chi connectivity index (χ2v) is 5.15. The summed E-state index contributed by atoms with van der Waals surface area (Å²) in [4.78, 5) is 2.47. The van der Waals surface area contributed by atoms with Crippen molar-refractivity contribution >= 4 is 0 Å². The Morgan fingerprint density at radius 2 is 1.33 bits per heavy atom. The van der Waals surface area contributed by atoms with Gasteiger partial charge in [-0.25, -0.2) is 0 Å². The maximum absolute atomic E-state index is 7.50. The Kier molecular flexibility index (Phi) is 31.3. The summed E-state index contributed by atoms with van der Waals surface area (Å²) in [7, 11) is 0. The summed E-state index contributed by atoms with van der Waals surface area (Å²) in [6, 6.07) is 10.6. The minimum Gasteiger partial charge on any atom is 0 e. The van der Waals surface area contributed by atoms with E-state index in [1.807, 2.05) is 0 Å². The SMILES string of the molecule is CCOC1=CC(N2CCCC2)=CC1c1ccccc1.[C-]#[O+].[C-]#[O+].[C-]#[O+].[C-]#[O+].[C-]#[O+].[W]. The van der Waals surface area contributed by atoms with Crippen LogP contribution in [0.4, 0.5) is 0 Å². The van der Waals surface area contributed by atoms with Crippen LogP contribution >= 0.6 is 0 Å². The van der Waals surface area contributed by atoms with Crippen molar-refractivity contribution in [2.75, 3.05) is 19.7 Å². The van der Waals surface area contributed by atoms with Gasteiger partial charge in [0.15, 0.2) is 0 Å². The molecule has 0 radical (unpaired) electrons. The number of hydrogen-bond acceptors (Lipinski definition) is 2. The average molecular weight is 579 g/mol. The average Bonchev–Trinajstić information content (AvgIpc) is 3.52. The van der Waals surface area contributed by atoms with Gasteiger partial charge in [-0.1, -0.05) is 30.3 Å². The molecule has 0 aromatic heterocycles. The predicted molar refractivity (Wildman–Crippen MR) is 97.4 cm³/mol. The van der Waals surface area contributed by atoms with E-state index in [-0.39, 0.29) is 27.0 Å². The third-order valence-corrected chi connectivity index (χ3v) is 3.87. The van der Waals surface area contributed by atoms with Gasteiger partial charge in [0.1, 0.15) is 5.76 Å². The minimum absolute atomic E-state index is 0. The zero-order valence-corrected chi connectivity index (χ0v) is 19.4. The number of nitrogens with zero attached hydrogens (tertiary/aromatic N) is 1. The first-order valence-electron chi connectivity index (χ1n) is 8.26. The molecule has 1 aliphatic carbocycles. The molecule has 0 saturated carbocycles. The Hall–Kier alpha value is -2.31. The summed E-state index contributed by atoms with van der Waals surface area (Å²) in [5.41, 5.74) is 2.66. The van der Waals surface area contributed by atoms with E-state index >= 15 is 0 Å². The standard InChI is InChI=1S/C17H21NO.5CO.W/c1-2-19-17-13-15(18-10-6-7-11-18)12-16(17)14-8-4-3-5-9-14;5*1-2;/h3-5,8-9,12-13,16H,2,6-7,10-11H2,1H3;;;;;;. The van der Waals surface area contributed by atoms with Crippen LogP contribution in [0.5, 0.6) is 0 Å². The van der Waals surface area contributed by atoms with Gasteiger partial charge >= 0.3 is 56.5 Å². The molecule has 1 fully saturated rings. The molecule has 156 valence electrons. The van der Waals surface area contributed by atoms with Crippen LogP contribution in [-0.2, 0) is 49.1 Å². The minimum atomic E-state index is 0. The number of benzene rings is 1. The van der Waals surface area contributed by atoms with Crippen LogP contribution in [0.15, 0.2) is 53.9 Å². The first-order chi connectivity index (χ1) is 14.4. The molecule has 1 aliphatic heterocycles. The summed E-state index contributed by atoms with van der Waals surface area (Å²) in [6.07, 6.45) is 7.20. The topological polar surface area (TPSA) is 112 Å². The van der Waals surface area contributed by atoms with Crippen LogP contribution < -0.4 is 0 Å². The first-order valence-corrected chi connectivity index (χ1v) is 8.26. The van der Waals surface area contributed by atoms with Crippen molar-refractivity contribution in [2.24, 2.45) is 0 Å². The van der Waals surface area contributed by atoms with Gasteiger partial charge in [-0.15, -0.1) is 0 Å². The van der Waals surface area contributed by atoms with Crippen LogP contribution in [0.1, 0.15) is 31.2 Å². The molecule has 1 aromatic carbocycles. The summed E-state index contributed by atoms with van der Waals surface area (Å²) in [5, 5.41) is 0. The smallest absolute Gasteiger partial charge is 0 e. The van der Waals surface area contributed by atoms with Crippen LogP contribution in [-0.4, -0.2) is 24.6 Å². The molecule has 0 N–H and O–H groups in total. The molecule has 1 heterocycles. The zero-order valence-electron chi connectivity index (χ0n) is 16.5. The number of ether oxygens (including phenoxy) is 1. The number of hydrogen-bond donors (Lipinski definition) is 0. The van der Waals surface area contributed by atoms with Gasteiger partial charge in [0, 0.05) is 39.9 Å². The van der Waals surface area contributed by atoms with Gasteiger partial charge in [0.05, 0.1) is 12.5 Å². The third-order valence-electron chi connectivity index (χ3n) is 3.87. The molecule has 0 spiro atoms.